The van der Waals surface area contributed by atoms with Crippen molar-refractivity contribution in [2.75, 3.05) is 0 Å². The number of urea groups is 1. The van der Waals surface area contributed by atoms with Crippen LogP contribution in [0.5, 0.6) is 5.75 Å². The number of carbonyl (C=O) groups is 2. The minimum atomic E-state index is -0.958. The number of aromatic nitrogens is 3. The first-order chi connectivity index (χ1) is 12.8. The molecule has 138 valence electrons. The van der Waals surface area contributed by atoms with E-state index >= 15 is 0 Å². The number of aromatic hydroxyl groups is 1. The van der Waals surface area contributed by atoms with E-state index in [-0.39, 0.29) is 18.2 Å². The van der Waals surface area contributed by atoms with Gasteiger partial charge in [-0.2, -0.15) is 0 Å². The monoisotopic (exact) mass is 365 g/mol. The number of carbonyl (C=O) groups excluding carboxylic acids is 2. The Kier molecular flexibility index (Phi) is 3.66. The van der Waals surface area contributed by atoms with Gasteiger partial charge in [-0.05, 0) is 44.5 Å². The number of amides is 3. The topological polar surface area (TPSA) is 100 Å². The lowest BCUT2D eigenvalue weighted by Crippen LogP contribution is -2.40. The highest BCUT2D eigenvalue weighted by molar-refractivity contribution is 6.06. The second kappa shape index (κ2) is 5.80. The SMILES string of the molecule is Cc1cc(CN2C(=O)NC(C)(C)C2=O)c(O)c(-n2nc3ccccc3n2)c1. The number of imide groups is 1. The molecule has 1 saturated heterocycles. The lowest BCUT2D eigenvalue weighted by Gasteiger charge is -2.18. The Balaban J connectivity index is 1.75. The van der Waals surface area contributed by atoms with Crippen LogP contribution in [0.15, 0.2) is 36.4 Å². The summed E-state index contributed by atoms with van der Waals surface area (Å²) in [6.07, 6.45) is 0. The first-order valence-corrected chi connectivity index (χ1v) is 8.55. The van der Waals surface area contributed by atoms with Crippen LogP contribution in [0, 0.1) is 6.92 Å². The summed E-state index contributed by atoms with van der Waals surface area (Å²) < 4.78 is 0. The highest BCUT2D eigenvalue weighted by Gasteiger charge is 2.44. The van der Waals surface area contributed by atoms with Gasteiger partial charge in [-0.25, -0.2) is 4.79 Å². The molecule has 8 nitrogen and oxygen atoms in total. The third-order valence-corrected chi connectivity index (χ3v) is 4.59. The van der Waals surface area contributed by atoms with Crippen molar-refractivity contribution in [1.82, 2.24) is 25.2 Å². The van der Waals surface area contributed by atoms with Gasteiger partial charge in [0.1, 0.15) is 28.0 Å². The van der Waals surface area contributed by atoms with Crippen LogP contribution >= 0.6 is 0 Å². The number of aryl methyl sites for hydroxylation is 1. The van der Waals surface area contributed by atoms with Crippen LogP contribution in [-0.2, 0) is 11.3 Å². The number of fused-ring (bicyclic) bond motifs is 1. The molecule has 0 bridgehead atoms. The summed E-state index contributed by atoms with van der Waals surface area (Å²) >= 11 is 0. The molecule has 4 rings (SSSR count). The van der Waals surface area contributed by atoms with E-state index in [2.05, 4.69) is 15.5 Å². The first-order valence-electron chi connectivity index (χ1n) is 8.55. The number of nitrogens with one attached hydrogen (secondary N) is 1. The molecule has 1 aromatic heterocycles. The number of nitrogens with zero attached hydrogens (tertiary/aromatic N) is 4. The average molecular weight is 365 g/mol. The van der Waals surface area contributed by atoms with E-state index < -0.39 is 11.6 Å². The van der Waals surface area contributed by atoms with Gasteiger partial charge in [0.2, 0.25) is 0 Å². The van der Waals surface area contributed by atoms with E-state index in [1.54, 1.807) is 26.0 Å². The minimum absolute atomic E-state index is 0.0323. The molecule has 2 heterocycles. The van der Waals surface area contributed by atoms with Gasteiger partial charge in [0.15, 0.2) is 0 Å². The Morgan fingerprint density at radius 2 is 1.74 bits per heavy atom. The van der Waals surface area contributed by atoms with Crippen LogP contribution < -0.4 is 5.32 Å². The van der Waals surface area contributed by atoms with Crippen molar-refractivity contribution in [2.45, 2.75) is 32.9 Å². The molecule has 0 radical (unpaired) electrons. The molecule has 0 unspecified atom stereocenters. The number of benzene rings is 2. The van der Waals surface area contributed by atoms with Crippen LogP contribution in [0.25, 0.3) is 16.7 Å². The maximum atomic E-state index is 12.4. The highest BCUT2D eigenvalue weighted by Crippen LogP contribution is 2.30. The molecular weight excluding hydrogens is 346 g/mol. The third kappa shape index (κ3) is 2.79. The summed E-state index contributed by atoms with van der Waals surface area (Å²) in [5.74, 6) is -0.399. The van der Waals surface area contributed by atoms with Crippen molar-refractivity contribution in [3.63, 3.8) is 0 Å². The largest absolute Gasteiger partial charge is 0.505 e. The van der Waals surface area contributed by atoms with Crippen molar-refractivity contribution in [3.05, 3.63) is 47.5 Å². The molecular formula is C19H19N5O3. The molecule has 3 aromatic rings. The predicted octanol–water partition coefficient (Wildman–Crippen LogP) is 2.26. The molecule has 0 aliphatic carbocycles. The van der Waals surface area contributed by atoms with Gasteiger partial charge >= 0.3 is 6.03 Å². The smallest absolute Gasteiger partial charge is 0.325 e. The number of hydrogen-bond donors (Lipinski definition) is 2. The summed E-state index contributed by atoms with van der Waals surface area (Å²) in [7, 11) is 0. The summed E-state index contributed by atoms with van der Waals surface area (Å²) in [6.45, 7) is 5.13. The lowest BCUT2D eigenvalue weighted by atomic mass is 10.1. The van der Waals surface area contributed by atoms with Gasteiger partial charge < -0.3 is 10.4 Å². The van der Waals surface area contributed by atoms with Crippen molar-refractivity contribution < 1.29 is 14.7 Å². The van der Waals surface area contributed by atoms with Crippen molar-refractivity contribution in [3.8, 4) is 11.4 Å². The molecule has 2 aromatic carbocycles. The van der Waals surface area contributed by atoms with Gasteiger partial charge in [-0.15, -0.1) is 15.0 Å². The Morgan fingerprint density at radius 3 is 2.30 bits per heavy atom. The van der Waals surface area contributed by atoms with E-state index in [0.717, 1.165) is 10.5 Å². The van der Waals surface area contributed by atoms with Gasteiger partial charge in [-0.1, -0.05) is 18.2 Å². The Labute approximate surface area is 155 Å². The number of phenolic OH excluding ortho intramolecular Hbond substituents is 1. The predicted molar refractivity (Wildman–Crippen MR) is 98.4 cm³/mol. The van der Waals surface area contributed by atoms with Gasteiger partial charge in [0.05, 0.1) is 6.54 Å². The van der Waals surface area contributed by atoms with E-state index in [9.17, 15) is 14.7 Å². The molecule has 27 heavy (non-hydrogen) atoms. The Bertz CT molecular complexity index is 1050. The van der Waals surface area contributed by atoms with E-state index in [1.807, 2.05) is 31.2 Å². The molecule has 0 spiro atoms. The second-order valence-electron chi connectivity index (χ2n) is 7.22. The van der Waals surface area contributed by atoms with E-state index in [0.29, 0.717) is 22.3 Å². The van der Waals surface area contributed by atoms with Crippen LogP contribution in [0.1, 0.15) is 25.0 Å². The summed E-state index contributed by atoms with van der Waals surface area (Å²) in [5, 5.41) is 22.2. The van der Waals surface area contributed by atoms with Crippen LogP contribution in [0.3, 0.4) is 0 Å². The zero-order valence-corrected chi connectivity index (χ0v) is 15.2. The maximum absolute atomic E-state index is 12.4. The molecule has 8 heteroatoms. The Morgan fingerprint density at radius 1 is 1.11 bits per heavy atom. The molecule has 3 amide bonds. The van der Waals surface area contributed by atoms with Crippen LogP contribution in [0.4, 0.5) is 4.79 Å². The highest BCUT2D eigenvalue weighted by atomic mass is 16.3. The standard InChI is InChI=1S/C19H19N5O3/c1-11-8-12(10-23-17(26)19(2,3)20-18(23)27)16(25)15(9-11)24-21-13-6-4-5-7-14(13)22-24/h4-9,25H,10H2,1-3H3,(H,20,27). The fraction of sp³-hybridized carbons (Fsp3) is 0.263. The quantitative estimate of drug-likeness (QED) is 0.694. The van der Waals surface area contributed by atoms with Crippen molar-refractivity contribution in [1.29, 1.82) is 0 Å². The average Bonchev–Trinajstić information content (AvgIpc) is 3.11. The summed E-state index contributed by atoms with van der Waals surface area (Å²) in [6, 6.07) is 10.4. The fourth-order valence-corrected chi connectivity index (χ4v) is 3.21. The number of rotatable bonds is 3. The Hall–Kier alpha value is -3.42. The number of hydrogen-bond acceptors (Lipinski definition) is 5. The molecule has 1 fully saturated rings. The van der Waals surface area contributed by atoms with Crippen LogP contribution in [0.2, 0.25) is 0 Å². The molecule has 1 aliphatic heterocycles. The third-order valence-electron chi connectivity index (χ3n) is 4.59. The van der Waals surface area contributed by atoms with E-state index in [4.69, 9.17) is 0 Å². The van der Waals surface area contributed by atoms with Crippen LogP contribution in [-0.4, -0.2) is 42.5 Å². The first kappa shape index (κ1) is 17.0. The molecule has 0 saturated carbocycles. The number of phenols is 1. The molecule has 0 atom stereocenters. The normalized spacial score (nSPS) is 16.2. The zero-order valence-electron chi connectivity index (χ0n) is 15.2. The van der Waals surface area contributed by atoms with Crippen molar-refractivity contribution >= 4 is 23.0 Å². The van der Waals surface area contributed by atoms with Gasteiger partial charge in [-0.3, -0.25) is 9.69 Å². The van der Waals surface area contributed by atoms with Crippen molar-refractivity contribution in [2.24, 2.45) is 0 Å². The molecule has 1 aliphatic rings. The second-order valence-corrected chi connectivity index (χ2v) is 7.22. The zero-order chi connectivity index (χ0) is 19.3. The van der Waals surface area contributed by atoms with Gasteiger partial charge in [0, 0.05) is 5.56 Å². The van der Waals surface area contributed by atoms with E-state index in [1.165, 1.54) is 4.80 Å². The fourth-order valence-electron chi connectivity index (χ4n) is 3.21. The minimum Gasteiger partial charge on any atom is -0.505 e. The summed E-state index contributed by atoms with van der Waals surface area (Å²) in [5.41, 5.74) is 2.15. The maximum Gasteiger partial charge on any atom is 0.325 e. The summed E-state index contributed by atoms with van der Waals surface area (Å²) in [4.78, 5) is 27.1. The van der Waals surface area contributed by atoms with Gasteiger partial charge in [0.25, 0.3) is 5.91 Å². The molecule has 2 N–H and O–H groups in total. The lowest BCUT2D eigenvalue weighted by molar-refractivity contribution is -0.130.